The van der Waals surface area contributed by atoms with Crippen LogP contribution in [-0.4, -0.2) is 9.55 Å². The van der Waals surface area contributed by atoms with E-state index in [9.17, 15) is 9.59 Å². The first-order valence-corrected chi connectivity index (χ1v) is 6.18. The Morgan fingerprint density at radius 2 is 1.76 bits per heavy atom. The van der Waals surface area contributed by atoms with Crippen LogP contribution in [0.5, 0.6) is 0 Å². The number of H-pyrrole nitrogens is 1. The van der Waals surface area contributed by atoms with E-state index < -0.39 is 5.54 Å². The zero-order valence-electron chi connectivity index (χ0n) is 11.3. The van der Waals surface area contributed by atoms with Gasteiger partial charge in [0, 0.05) is 17.3 Å². The number of hydrogen-bond acceptors (Lipinski definition) is 2. The molecule has 1 rings (SSSR count). The maximum absolute atomic E-state index is 12.0. The number of nitrogens with zero attached hydrogens (tertiary/aromatic N) is 1. The van der Waals surface area contributed by atoms with E-state index in [1.807, 2.05) is 20.8 Å². The van der Waals surface area contributed by atoms with Crippen molar-refractivity contribution in [2.75, 3.05) is 0 Å². The van der Waals surface area contributed by atoms with Crippen LogP contribution in [-0.2, 0) is 5.54 Å². The molecule has 0 aliphatic heterocycles. The van der Waals surface area contributed by atoms with Gasteiger partial charge in [0.25, 0.3) is 5.56 Å². The van der Waals surface area contributed by atoms with Gasteiger partial charge in [-0.25, -0.2) is 4.79 Å². The molecule has 1 N–H and O–H groups in total. The minimum atomic E-state index is -0.489. The Balaban J connectivity index is 3.38. The summed E-state index contributed by atoms with van der Waals surface area (Å²) in [7, 11) is 0. The lowest BCUT2D eigenvalue weighted by Gasteiger charge is -2.22. The van der Waals surface area contributed by atoms with E-state index in [1.165, 1.54) is 4.57 Å². The number of aromatic amines is 1. The van der Waals surface area contributed by atoms with Crippen LogP contribution in [0.15, 0.2) is 15.7 Å². The summed E-state index contributed by atoms with van der Waals surface area (Å²) >= 11 is 0. The molecule has 0 unspecified atom stereocenters. The van der Waals surface area contributed by atoms with Crippen LogP contribution in [0.3, 0.4) is 0 Å². The van der Waals surface area contributed by atoms with Crippen LogP contribution in [0, 0.1) is 0 Å². The molecule has 4 nitrogen and oxygen atoms in total. The zero-order chi connectivity index (χ0) is 13.2. The first-order chi connectivity index (χ1) is 7.81. The topological polar surface area (TPSA) is 54.9 Å². The van der Waals surface area contributed by atoms with E-state index in [0.29, 0.717) is 0 Å². The van der Waals surface area contributed by atoms with Gasteiger partial charge in [-0.05, 0) is 39.5 Å². The third kappa shape index (κ3) is 2.87. The number of hydrogen-bond donors (Lipinski definition) is 1. The van der Waals surface area contributed by atoms with Gasteiger partial charge in [0.2, 0.25) is 0 Å². The van der Waals surface area contributed by atoms with Crippen molar-refractivity contribution in [3.8, 4) is 0 Å². The lowest BCUT2D eigenvalue weighted by molar-refractivity contribution is 0.364. The molecular formula is C13H22N2O2. The molecular weight excluding hydrogens is 216 g/mol. The predicted molar refractivity (Wildman–Crippen MR) is 69.6 cm³/mol. The Morgan fingerprint density at radius 1 is 1.24 bits per heavy atom. The summed E-state index contributed by atoms with van der Waals surface area (Å²) in [6, 6.07) is 1.56. The second kappa shape index (κ2) is 4.90. The van der Waals surface area contributed by atoms with Gasteiger partial charge in [-0.15, -0.1) is 0 Å². The molecule has 1 heterocycles. The zero-order valence-corrected chi connectivity index (χ0v) is 11.3. The second-order valence-electron chi connectivity index (χ2n) is 5.39. The van der Waals surface area contributed by atoms with E-state index in [2.05, 4.69) is 18.8 Å². The average Bonchev–Trinajstić information content (AvgIpc) is 2.16. The van der Waals surface area contributed by atoms with E-state index in [0.717, 1.165) is 18.5 Å². The van der Waals surface area contributed by atoms with Gasteiger partial charge in [-0.2, -0.15) is 0 Å². The van der Waals surface area contributed by atoms with Crippen molar-refractivity contribution in [3.63, 3.8) is 0 Å². The Labute approximate surface area is 102 Å². The molecule has 0 radical (unpaired) electrons. The Bertz CT molecular complexity index is 456. The summed E-state index contributed by atoms with van der Waals surface area (Å²) in [6.45, 7) is 9.66. The van der Waals surface area contributed by atoms with Crippen molar-refractivity contribution >= 4 is 0 Å². The quantitative estimate of drug-likeness (QED) is 0.877. The highest BCUT2D eigenvalue weighted by molar-refractivity contribution is 5.07. The van der Waals surface area contributed by atoms with Gasteiger partial charge >= 0.3 is 5.69 Å². The molecule has 0 aliphatic carbocycles. The first kappa shape index (κ1) is 13.7. The monoisotopic (exact) mass is 238 g/mol. The highest BCUT2D eigenvalue weighted by atomic mass is 16.2. The van der Waals surface area contributed by atoms with E-state index >= 15 is 0 Å². The highest BCUT2D eigenvalue weighted by Crippen LogP contribution is 2.19. The summed E-state index contributed by atoms with van der Waals surface area (Å²) in [4.78, 5) is 26.8. The van der Waals surface area contributed by atoms with Gasteiger partial charge in [0.15, 0.2) is 0 Å². The molecule has 1 aromatic heterocycles. The van der Waals surface area contributed by atoms with Crippen molar-refractivity contribution in [2.45, 2.75) is 58.9 Å². The number of nitrogens with one attached hydrogen (secondary N) is 1. The molecule has 0 saturated heterocycles. The number of rotatable bonds is 3. The smallest absolute Gasteiger partial charge is 0.311 e. The molecule has 0 spiro atoms. The maximum atomic E-state index is 12.0. The average molecular weight is 238 g/mol. The number of aromatic nitrogens is 2. The van der Waals surface area contributed by atoms with E-state index in [-0.39, 0.29) is 17.2 Å². The minimum absolute atomic E-state index is 0.219. The highest BCUT2D eigenvalue weighted by Gasteiger charge is 2.19. The van der Waals surface area contributed by atoms with Gasteiger partial charge in [-0.3, -0.25) is 9.36 Å². The van der Waals surface area contributed by atoms with Crippen molar-refractivity contribution in [1.82, 2.24) is 9.55 Å². The van der Waals surface area contributed by atoms with Crippen LogP contribution in [0.2, 0.25) is 0 Å². The molecule has 0 aliphatic rings. The van der Waals surface area contributed by atoms with Gasteiger partial charge < -0.3 is 4.98 Å². The normalized spacial score (nSPS) is 12.1. The SMILES string of the molecule is CCC(CC)c1cc(=O)n(C(C)(C)C)c(=O)[nH]1. The second-order valence-corrected chi connectivity index (χ2v) is 5.39. The van der Waals surface area contributed by atoms with E-state index in [1.54, 1.807) is 6.07 Å². The van der Waals surface area contributed by atoms with E-state index in [4.69, 9.17) is 0 Å². The van der Waals surface area contributed by atoms with Gasteiger partial charge in [0.05, 0.1) is 0 Å². The molecule has 0 atom stereocenters. The fraction of sp³-hybridized carbons (Fsp3) is 0.692. The maximum Gasteiger partial charge on any atom is 0.329 e. The Hall–Kier alpha value is -1.32. The summed E-state index contributed by atoms with van der Waals surface area (Å²) < 4.78 is 1.26. The fourth-order valence-electron chi connectivity index (χ4n) is 2.10. The summed E-state index contributed by atoms with van der Waals surface area (Å²) in [5.74, 6) is 0.255. The van der Waals surface area contributed by atoms with Crippen LogP contribution >= 0.6 is 0 Å². The Kier molecular flexibility index (Phi) is 3.96. The summed E-state index contributed by atoms with van der Waals surface area (Å²) in [6.07, 6.45) is 1.84. The predicted octanol–water partition coefficient (Wildman–Crippen LogP) is 2.20. The Morgan fingerprint density at radius 3 is 2.12 bits per heavy atom. The molecule has 4 heteroatoms. The van der Waals surface area contributed by atoms with Crippen LogP contribution in [0.4, 0.5) is 0 Å². The summed E-state index contributed by atoms with van der Waals surface area (Å²) in [5.41, 5.74) is -0.266. The molecule has 0 aromatic carbocycles. The molecule has 0 bridgehead atoms. The molecule has 0 saturated carbocycles. The van der Waals surface area contributed by atoms with Gasteiger partial charge in [-0.1, -0.05) is 13.8 Å². The molecule has 0 amide bonds. The molecule has 0 fully saturated rings. The summed E-state index contributed by atoms with van der Waals surface area (Å²) in [5, 5.41) is 0. The molecule has 17 heavy (non-hydrogen) atoms. The first-order valence-electron chi connectivity index (χ1n) is 6.18. The largest absolute Gasteiger partial charge is 0.329 e. The van der Waals surface area contributed by atoms with Crippen molar-refractivity contribution in [2.24, 2.45) is 0 Å². The lowest BCUT2D eigenvalue weighted by atomic mass is 9.99. The van der Waals surface area contributed by atoms with Crippen molar-refractivity contribution < 1.29 is 0 Å². The van der Waals surface area contributed by atoms with Crippen LogP contribution in [0.25, 0.3) is 0 Å². The van der Waals surface area contributed by atoms with Crippen molar-refractivity contribution in [3.05, 3.63) is 32.6 Å². The standard InChI is InChI=1S/C13H22N2O2/c1-6-9(7-2)10-8-11(16)15(12(17)14-10)13(3,4)5/h8-9H,6-7H2,1-5H3,(H,14,17). The molecule has 96 valence electrons. The fourth-order valence-corrected chi connectivity index (χ4v) is 2.10. The van der Waals surface area contributed by atoms with Crippen LogP contribution in [0.1, 0.15) is 59.1 Å². The molecule has 1 aromatic rings. The van der Waals surface area contributed by atoms with Crippen molar-refractivity contribution in [1.29, 1.82) is 0 Å². The third-order valence-corrected chi connectivity index (χ3v) is 3.05. The third-order valence-electron chi connectivity index (χ3n) is 3.05. The van der Waals surface area contributed by atoms with Crippen LogP contribution < -0.4 is 11.2 Å². The minimum Gasteiger partial charge on any atom is -0.311 e. The lowest BCUT2D eigenvalue weighted by Crippen LogP contribution is -2.45. The van der Waals surface area contributed by atoms with Gasteiger partial charge in [0.1, 0.15) is 0 Å².